The molecule has 0 radical (unpaired) electrons. The first-order chi connectivity index (χ1) is 17.4. The van der Waals surface area contributed by atoms with Gasteiger partial charge in [-0.15, -0.1) is 35.9 Å². The molecule has 4 aliphatic heterocycles. The van der Waals surface area contributed by atoms with Crippen molar-refractivity contribution in [2.75, 3.05) is 31.1 Å². The molecule has 37 heavy (non-hydrogen) atoms. The van der Waals surface area contributed by atoms with Crippen LogP contribution in [0.3, 0.4) is 0 Å². The van der Waals surface area contributed by atoms with Gasteiger partial charge in [0.25, 0.3) is 5.91 Å². The van der Waals surface area contributed by atoms with Gasteiger partial charge in [-0.2, -0.15) is 0 Å². The Labute approximate surface area is 228 Å². The number of carbonyl (C=O) groups excluding carboxylic acids is 3. The van der Waals surface area contributed by atoms with Crippen LogP contribution in [-0.2, 0) is 19.1 Å². The van der Waals surface area contributed by atoms with Gasteiger partial charge >= 0.3 is 6.16 Å². The van der Waals surface area contributed by atoms with E-state index in [1.54, 1.807) is 6.08 Å². The van der Waals surface area contributed by atoms with Crippen LogP contribution in [0.1, 0.15) is 12.8 Å². The third-order valence-corrected chi connectivity index (χ3v) is 8.86. The van der Waals surface area contributed by atoms with Crippen LogP contribution in [0.15, 0.2) is 58.3 Å². The monoisotopic (exact) mass is 566 g/mol. The number of likely N-dealkylation sites (tertiary alicyclic amines) is 1. The molecule has 4 heterocycles. The largest absolute Gasteiger partial charge is 0.512 e. The molecule has 0 unspecified atom stereocenters. The number of benzene rings is 1. The van der Waals surface area contributed by atoms with Crippen molar-refractivity contribution < 1.29 is 29.0 Å². The Bertz CT molecular complexity index is 1140. The Morgan fingerprint density at radius 3 is 2.76 bits per heavy atom. The van der Waals surface area contributed by atoms with Gasteiger partial charge in [-0.05, 0) is 37.6 Å². The van der Waals surface area contributed by atoms with Gasteiger partial charge in [0.15, 0.2) is 0 Å². The Morgan fingerprint density at radius 2 is 2.05 bits per heavy atom. The molecule has 0 saturated carbocycles. The summed E-state index contributed by atoms with van der Waals surface area (Å²) in [5.41, 5.74) is 1.06. The number of thioether (sulfide) groups is 2. The SMILES string of the molecule is Cl.O=C(CSc1ccccc1)N[C@@H]1C(=O)N2C(OC(=O)O)=C(/C=C3\CCN([C@@H]4CCNC4)C3=O)CS[C@H]12. The molecule has 3 atom stereocenters. The normalized spacial score (nSPS) is 26.1. The van der Waals surface area contributed by atoms with E-state index < -0.39 is 23.5 Å². The zero-order valence-electron chi connectivity index (χ0n) is 19.8. The van der Waals surface area contributed by atoms with Crippen LogP contribution >= 0.6 is 35.9 Å². The number of rotatable bonds is 7. The van der Waals surface area contributed by atoms with Gasteiger partial charge in [0.05, 0.1) is 5.75 Å². The number of carbonyl (C=O) groups is 4. The van der Waals surface area contributed by atoms with Crippen molar-refractivity contribution in [2.24, 2.45) is 0 Å². The number of amides is 3. The highest BCUT2D eigenvalue weighted by atomic mass is 35.5. The van der Waals surface area contributed by atoms with Gasteiger partial charge in [0.2, 0.25) is 17.7 Å². The summed E-state index contributed by atoms with van der Waals surface area (Å²) in [5.74, 6) is -0.349. The standard InChI is InChI=1S/C24H26N4O6S2.ClH/c29-18(13-35-17-4-2-1-3-5-17)26-19-21(31)28-22(34-24(32)33)15(12-36-23(19)28)10-14-7-9-27(20(14)30)16-6-8-25-11-16;/h1-5,10,16,19,23,25H,6-9,11-13H2,(H,26,29)(H,32,33);1H/b14-10+;/t16-,19-,23-;/m1./s1. The van der Waals surface area contributed by atoms with E-state index in [1.807, 2.05) is 35.2 Å². The minimum Gasteiger partial charge on any atom is -0.449 e. The molecule has 3 amide bonds. The molecule has 0 aromatic heterocycles. The molecule has 3 saturated heterocycles. The molecule has 1 aromatic carbocycles. The van der Waals surface area contributed by atoms with Crippen LogP contribution in [0, 0.1) is 0 Å². The van der Waals surface area contributed by atoms with E-state index in [2.05, 4.69) is 10.6 Å². The second kappa shape index (κ2) is 11.8. The zero-order valence-corrected chi connectivity index (χ0v) is 22.2. The number of halogens is 1. The van der Waals surface area contributed by atoms with Gasteiger partial charge < -0.3 is 25.4 Å². The number of carboxylic acid groups (broad SMARTS) is 1. The number of nitrogens with one attached hydrogen (secondary N) is 2. The highest BCUT2D eigenvalue weighted by molar-refractivity contribution is 8.00. The minimum atomic E-state index is -1.54. The second-order valence-electron chi connectivity index (χ2n) is 8.82. The average Bonchev–Trinajstić information content (AvgIpc) is 3.52. The lowest BCUT2D eigenvalue weighted by molar-refractivity contribution is -0.148. The number of hydrogen-bond acceptors (Lipinski definition) is 8. The molecule has 5 rings (SSSR count). The zero-order chi connectivity index (χ0) is 25.2. The van der Waals surface area contributed by atoms with E-state index in [0.29, 0.717) is 29.9 Å². The highest BCUT2D eigenvalue weighted by Crippen LogP contribution is 2.41. The highest BCUT2D eigenvalue weighted by Gasteiger charge is 2.54. The Balaban J connectivity index is 0.00000320. The maximum Gasteiger partial charge on any atom is 0.512 e. The first-order valence-corrected chi connectivity index (χ1v) is 13.7. The van der Waals surface area contributed by atoms with Crippen molar-refractivity contribution in [3.05, 3.63) is 53.4 Å². The fraction of sp³-hybridized carbons (Fsp3) is 0.417. The van der Waals surface area contributed by atoms with Gasteiger partial charge in [-0.1, -0.05) is 18.2 Å². The van der Waals surface area contributed by atoms with E-state index >= 15 is 0 Å². The van der Waals surface area contributed by atoms with Crippen molar-refractivity contribution in [1.82, 2.24) is 20.4 Å². The lowest BCUT2D eigenvalue weighted by Gasteiger charge is -2.48. The summed E-state index contributed by atoms with van der Waals surface area (Å²) in [7, 11) is 0. The van der Waals surface area contributed by atoms with Crippen LogP contribution in [0.2, 0.25) is 0 Å². The predicted octanol–water partition coefficient (Wildman–Crippen LogP) is 2.03. The van der Waals surface area contributed by atoms with Crippen molar-refractivity contribution >= 4 is 59.8 Å². The van der Waals surface area contributed by atoms with Crippen LogP contribution in [0.5, 0.6) is 0 Å². The van der Waals surface area contributed by atoms with Gasteiger partial charge in [-0.3, -0.25) is 19.3 Å². The number of allylic oxidation sites excluding steroid dienone is 1. The smallest absolute Gasteiger partial charge is 0.449 e. The van der Waals surface area contributed by atoms with E-state index in [1.165, 1.54) is 28.4 Å². The van der Waals surface area contributed by atoms with Gasteiger partial charge in [-0.25, -0.2) is 4.79 Å². The molecule has 0 bridgehead atoms. The van der Waals surface area contributed by atoms with Crippen LogP contribution in [0.4, 0.5) is 4.79 Å². The summed E-state index contributed by atoms with van der Waals surface area (Å²) in [6.07, 6.45) is 1.59. The van der Waals surface area contributed by atoms with Crippen LogP contribution in [-0.4, -0.2) is 87.4 Å². The van der Waals surface area contributed by atoms with E-state index in [0.717, 1.165) is 24.4 Å². The summed E-state index contributed by atoms with van der Waals surface area (Å²) in [5, 5.41) is 14.9. The number of hydrogen-bond donors (Lipinski definition) is 3. The third kappa shape index (κ3) is 5.77. The average molecular weight is 567 g/mol. The fourth-order valence-corrected chi connectivity index (χ4v) is 6.80. The Hall–Kier alpha value is -2.67. The molecule has 0 spiro atoms. The molecule has 0 aliphatic carbocycles. The van der Waals surface area contributed by atoms with Crippen molar-refractivity contribution in [2.45, 2.75) is 35.2 Å². The topological polar surface area (TPSA) is 128 Å². The molecule has 1 aromatic rings. The summed E-state index contributed by atoms with van der Waals surface area (Å²) in [4.78, 5) is 53.9. The second-order valence-corrected chi connectivity index (χ2v) is 11.0. The molecule has 198 valence electrons. The molecule has 10 nitrogen and oxygen atoms in total. The van der Waals surface area contributed by atoms with Gasteiger partial charge in [0.1, 0.15) is 11.4 Å². The van der Waals surface area contributed by atoms with Crippen LogP contribution in [0.25, 0.3) is 0 Å². The van der Waals surface area contributed by atoms with Gasteiger partial charge in [0, 0.05) is 40.9 Å². The molecule has 3 N–H and O–H groups in total. The molecule has 4 aliphatic rings. The summed E-state index contributed by atoms with van der Waals surface area (Å²) < 4.78 is 5.03. The quantitative estimate of drug-likeness (QED) is 0.196. The lowest BCUT2D eigenvalue weighted by atomic mass is 10.0. The lowest BCUT2D eigenvalue weighted by Crippen LogP contribution is -2.70. The Morgan fingerprint density at radius 1 is 1.27 bits per heavy atom. The van der Waals surface area contributed by atoms with E-state index in [4.69, 9.17) is 4.74 Å². The number of fused-ring (bicyclic) bond motifs is 1. The third-order valence-electron chi connectivity index (χ3n) is 6.54. The molecule has 3 fully saturated rings. The number of β-lactam (4-membered cyclic amide) rings is 1. The maximum atomic E-state index is 13.0. The number of nitrogens with zero attached hydrogens (tertiary/aromatic N) is 2. The molecular weight excluding hydrogens is 540 g/mol. The van der Waals surface area contributed by atoms with E-state index in [-0.39, 0.29) is 41.9 Å². The molecular formula is C24H27ClN4O6S2. The Kier molecular flexibility index (Phi) is 8.73. The van der Waals surface area contributed by atoms with Crippen molar-refractivity contribution in [3.63, 3.8) is 0 Å². The maximum absolute atomic E-state index is 13.0. The summed E-state index contributed by atoms with van der Waals surface area (Å²) in [6, 6.07) is 8.88. The van der Waals surface area contributed by atoms with Crippen molar-refractivity contribution in [1.29, 1.82) is 0 Å². The molecule has 13 heteroatoms. The predicted molar refractivity (Wildman–Crippen MR) is 141 cm³/mol. The first kappa shape index (κ1) is 27.4. The first-order valence-electron chi connectivity index (χ1n) is 11.7. The van der Waals surface area contributed by atoms with Crippen LogP contribution < -0.4 is 10.6 Å². The van der Waals surface area contributed by atoms with E-state index in [9.17, 15) is 24.3 Å². The van der Waals surface area contributed by atoms with Crippen molar-refractivity contribution in [3.8, 4) is 0 Å². The summed E-state index contributed by atoms with van der Waals surface area (Å²) in [6.45, 7) is 2.27. The number of ether oxygens (including phenoxy) is 1. The summed E-state index contributed by atoms with van der Waals surface area (Å²) >= 11 is 2.77. The minimum absolute atomic E-state index is 0. The fourth-order valence-electron chi connectivity index (χ4n) is 4.79.